The van der Waals surface area contributed by atoms with Gasteiger partial charge in [0.15, 0.2) is 0 Å². The lowest BCUT2D eigenvalue weighted by Crippen LogP contribution is -2.47. The summed E-state index contributed by atoms with van der Waals surface area (Å²) in [7, 11) is 0.496. The monoisotopic (exact) mass is 663 g/mol. The molecule has 0 aliphatic heterocycles. The summed E-state index contributed by atoms with van der Waals surface area (Å²) in [4.78, 5) is 15.4. The summed E-state index contributed by atoms with van der Waals surface area (Å²) in [5.41, 5.74) is 1.38. The SMILES string of the molecule is CN(CCCCC[C@H]1C2C(CC[C@@]3(C)C2CC(=O)C32CC2)c2ccc(O)cc2[C@@H]1F)CCCS(=O)CCCC(F)(F)C(F)(F)F. The molecule has 4 unspecified atom stereocenters. The van der Waals surface area contributed by atoms with E-state index in [4.69, 9.17) is 0 Å². The minimum atomic E-state index is -5.58. The highest BCUT2D eigenvalue weighted by molar-refractivity contribution is 7.84. The van der Waals surface area contributed by atoms with Crippen LogP contribution in [-0.4, -0.2) is 63.7 Å². The molecule has 4 nitrogen and oxygen atoms in total. The highest BCUT2D eigenvalue weighted by atomic mass is 32.2. The molecule has 0 aromatic heterocycles. The van der Waals surface area contributed by atoms with E-state index in [1.807, 2.05) is 13.1 Å². The zero-order chi connectivity index (χ0) is 32.8. The lowest BCUT2D eigenvalue weighted by molar-refractivity contribution is -0.284. The van der Waals surface area contributed by atoms with Gasteiger partial charge in [-0.25, -0.2) is 4.39 Å². The normalized spacial score (nSPS) is 31.1. The Morgan fingerprint density at radius 3 is 2.36 bits per heavy atom. The zero-order valence-corrected chi connectivity index (χ0v) is 27.1. The summed E-state index contributed by atoms with van der Waals surface area (Å²) in [6.45, 7) is 3.72. The molecule has 0 heterocycles. The van der Waals surface area contributed by atoms with Crippen LogP contribution in [0.4, 0.5) is 26.3 Å². The number of phenols is 1. The van der Waals surface area contributed by atoms with Crippen molar-refractivity contribution in [1.29, 1.82) is 0 Å². The lowest BCUT2D eigenvalue weighted by atomic mass is 9.50. The van der Waals surface area contributed by atoms with Crippen LogP contribution in [-0.2, 0) is 15.6 Å². The molecule has 0 amide bonds. The predicted octanol–water partition coefficient (Wildman–Crippen LogP) is 8.51. The Kier molecular flexibility index (Phi) is 10.1. The van der Waals surface area contributed by atoms with Crippen LogP contribution < -0.4 is 0 Å². The third-order valence-corrected chi connectivity index (χ3v) is 13.4. The fourth-order valence-electron chi connectivity index (χ4n) is 9.29. The van der Waals surface area contributed by atoms with E-state index in [0.29, 0.717) is 30.7 Å². The zero-order valence-electron chi connectivity index (χ0n) is 26.3. The molecule has 1 aromatic rings. The molecule has 3 fully saturated rings. The third kappa shape index (κ3) is 6.72. The predicted molar refractivity (Wildman–Crippen MR) is 162 cm³/mol. The first kappa shape index (κ1) is 34.7. The van der Waals surface area contributed by atoms with Crippen LogP contribution in [0.25, 0.3) is 0 Å². The van der Waals surface area contributed by atoms with Crippen LogP contribution in [0.2, 0.25) is 0 Å². The third-order valence-electron chi connectivity index (χ3n) is 11.9. The summed E-state index contributed by atoms with van der Waals surface area (Å²) in [6.07, 6.45) is -0.183. The number of benzene rings is 1. The molecule has 4 aliphatic carbocycles. The maximum Gasteiger partial charge on any atom is 0.453 e. The van der Waals surface area contributed by atoms with Crippen molar-refractivity contribution >= 4 is 16.6 Å². The summed E-state index contributed by atoms with van der Waals surface area (Å²) >= 11 is 0. The van der Waals surface area contributed by atoms with E-state index in [9.17, 15) is 36.1 Å². The maximum absolute atomic E-state index is 16.4. The van der Waals surface area contributed by atoms with Crippen molar-refractivity contribution in [2.75, 3.05) is 31.6 Å². The van der Waals surface area contributed by atoms with Gasteiger partial charge in [0, 0.05) is 40.6 Å². The Balaban J connectivity index is 1.09. The van der Waals surface area contributed by atoms with Crippen LogP contribution in [0.5, 0.6) is 5.75 Å². The van der Waals surface area contributed by atoms with Gasteiger partial charge < -0.3 is 10.0 Å². The smallest absolute Gasteiger partial charge is 0.453 e. The maximum atomic E-state index is 16.4. The first-order chi connectivity index (χ1) is 21.1. The van der Waals surface area contributed by atoms with Gasteiger partial charge in [0.1, 0.15) is 17.7 Å². The average molecular weight is 664 g/mol. The number of Topliss-reactive ketones (excluding diaryl/α,β-unsaturated/α-hetero) is 1. The summed E-state index contributed by atoms with van der Waals surface area (Å²) < 4.78 is 91.4. The van der Waals surface area contributed by atoms with Crippen LogP contribution in [0.3, 0.4) is 0 Å². The molecule has 0 radical (unpaired) electrons. The Bertz CT molecular complexity index is 1250. The van der Waals surface area contributed by atoms with E-state index in [1.54, 1.807) is 12.1 Å². The number of hydrogen-bond donors (Lipinski definition) is 1. The number of nitrogens with zero attached hydrogens (tertiary/aromatic N) is 1. The van der Waals surface area contributed by atoms with Gasteiger partial charge in [0.05, 0.1) is 0 Å². The molecular weight excluding hydrogens is 616 g/mol. The van der Waals surface area contributed by atoms with Gasteiger partial charge in [0.25, 0.3) is 0 Å². The van der Waals surface area contributed by atoms with Crippen molar-refractivity contribution in [1.82, 2.24) is 4.90 Å². The molecule has 1 N–H and O–H groups in total. The summed E-state index contributed by atoms with van der Waals surface area (Å²) in [5.74, 6) is -3.89. The second-order valence-electron chi connectivity index (χ2n) is 14.5. The number of aromatic hydroxyl groups is 1. The number of unbranched alkanes of at least 4 members (excludes halogenated alkanes) is 2. The molecule has 45 heavy (non-hydrogen) atoms. The van der Waals surface area contributed by atoms with E-state index in [0.717, 1.165) is 63.5 Å². The Morgan fingerprint density at radius 2 is 1.67 bits per heavy atom. The molecule has 254 valence electrons. The van der Waals surface area contributed by atoms with Gasteiger partial charge in [-0.05, 0) is 124 Å². The quantitative estimate of drug-likeness (QED) is 0.160. The number of alkyl halides is 6. The Labute approximate surface area is 265 Å². The minimum absolute atomic E-state index is 0.0574. The number of carbonyl (C=O) groups is 1. The van der Waals surface area contributed by atoms with Crippen LogP contribution >= 0.6 is 0 Å². The molecule has 1 spiro atoms. The van der Waals surface area contributed by atoms with E-state index in [-0.39, 0.29) is 51.8 Å². The largest absolute Gasteiger partial charge is 0.508 e. The van der Waals surface area contributed by atoms with Crippen LogP contribution in [0.1, 0.15) is 107 Å². The second kappa shape index (κ2) is 13.1. The van der Waals surface area contributed by atoms with Gasteiger partial charge in [-0.1, -0.05) is 25.8 Å². The Hall–Kier alpha value is -1.62. The number of carbonyl (C=O) groups excluding carboxylic acids is 1. The van der Waals surface area contributed by atoms with Gasteiger partial charge >= 0.3 is 12.1 Å². The average Bonchev–Trinajstić information content (AvgIpc) is 3.74. The van der Waals surface area contributed by atoms with Crippen molar-refractivity contribution in [2.24, 2.45) is 28.6 Å². The van der Waals surface area contributed by atoms with Crippen LogP contribution in [0, 0.1) is 28.6 Å². The number of fused-ring (bicyclic) bond motifs is 6. The molecular formula is C34H47F6NO3S. The molecule has 3 saturated carbocycles. The van der Waals surface area contributed by atoms with Crippen molar-refractivity contribution in [3.8, 4) is 5.75 Å². The first-order valence-corrected chi connectivity index (χ1v) is 18.1. The number of hydrogen-bond acceptors (Lipinski definition) is 4. The standard InChI is InChI=1S/C34H47F6NO3S/c1-31-13-11-24-23-10-9-22(42)20-26(23)30(35)25(29(24)27(31)21-28(43)32(31)14-15-32)8-4-3-5-16-41(2)17-7-19-45(44)18-6-12-33(36,37)34(38,39)40/h9-10,20,24-25,27,29-30,42H,3-8,11-19,21H2,1-2H3/t24?,25-,27?,29?,30+,31-,45?/m0/s1. The summed E-state index contributed by atoms with van der Waals surface area (Å²) in [5, 5.41) is 10.2. The highest BCUT2D eigenvalue weighted by Crippen LogP contribution is 2.75. The number of halogens is 6. The van der Waals surface area contributed by atoms with E-state index in [2.05, 4.69) is 11.8 Å². The number of rotatable bonds is 14. The van der Waals surface area contributed by atoms with Crippen molar-refractivity contribution in [3.05, 3.63) is 29.3 Å². The number of ketones is 1. The highest BCUT2D eigenvalue weighted by Gasteiger charge is 2.72. The molecule has 7 atom stereocenters. The van der Waals surface area contributed by atoms with Gasteiger partial charge in [-0.2, -0.15) is 22.0 Å². The van der Waals surface area contributed by atoms with Gasteiger partial charge in [0.2, 0.25) is 0 Å². The first-order valence-electron chi connectivity index (χ1n) is 16.6. The fourth-order valence-corrected chi connectivity index (χ4v) is 10.4. The van der Waals surface area contributed by atoms with Crippen molar-refractivity contribution in [2.45, 2.75) is 108 Å². The minimum Gasteiger partial charge on any atom is -0.508 e. The van der Waals surface area contributed by atoms with Crippen LogP contribution in [0.15, 0.2) is 18.2 Å². The molecule has 5 rings (SSSR count). The van der Waals surface area contributed by atoms with Crippen molar-refractivity contribution < 1.29 is 40.5 Å². The van der Waals surface area contributed by atoms with E-state index >= 15 is 4.39 Å². The molecule has 4 aliphatic rings. The molecule has 0 saturated heterocycles. The number of phenolic OH excluding ortho intramolecular Hbond substituents is 1. The lowest BCUT2D eigenvalue weighted by Gasteiger charge is -2.54. The molecule has 11 heteroatoms. The fraction of sp³-hybridized carbons (Fsp3) is 0.794. The molecule has 1 aromatic carbocycles. The van der Waals surface area contributed by atoms with Gasteiger partial charge in [-0.15, -0.1) is 0 Å². The summed E-state index contributed by atoms with van der Waals surface area (Å²) in [6, 6.07) is 5.15. The Morgan fingerprint density at radius 1 is 0.978 bits per heavy atom. The second-order valence-corrected chi connectivity index (χ2v) is 16.2. The van der Waals surface area contributed by atoms with E-state index in [1.165, 1.54) is 0 Å². The molecule has 0 bridgehead atoms. The topological polar surface area (TPSA) is 57.6 Å². The van der Waals surface area contributed by atoms with E-state index < -0.39 is 41.9 Å². The van der Waals surface area contributed by atoms with Crippen molar-refractivity contribution in [3.63, 3.8) is 0 Å². The van der Waals surface area contributed by atoms with Gasteiger partial charge in [-0.3, -0.25) is 9.00 Å².